The first-order chi connectivity index (χ1) is 10.1. The van der Waals surface area contributed by atoms with Gasteiger partial charge >= 0.3 is 0 Å². The van der Waals surface area contributed by atoms with Gasteiger partial charge in [0.25, 0.3) is 0 Å². The largest absolute Gasteiger partial charge is 0.330 e. The smallest absolute Gasteiger partial charge is 0.217 e. The molecule has 1 aliphatic carbocycles. The molecule has 0 aromatic heterocycles. The van der Waals surface area contributed by atoms with Crippen molar-refractivity contribution < 1.29 is 8.42 Å². The zero-order valence-electron chi connectivity index (χ0n) is 13.2. The van der Waals surface area contributed by atoms with E-state index in [1.807, 2.05) is 0 Å². The summed E-state index contributed by atoms with van der Waals surface area (Å²) in [4.78, 5) is 2.39. The molecule has 6 heteroatoms. The summed E-state index contributed by atoms with van der Waals surface area (Å²) in [5.74, 6) is 0. The molecule has 2 rings (SSSR count). The lowest BCUT2D eigenvalue weighted by Crippen LogP contribution is -2.41. The van der Waals surface area contributed by atoms with Crippen LogP contribution in [0.5, 0.6) is 0 Å². The van der Waals surface area contributed by atoms with E-state index in [2.05, 4.69) is 4.90 Å². The van der Waals surface area contributed by atoms with E-state index < -0.39 is 10.0 Å². The highest BCUT2D eigenvalue weighted by Gasteiger charge is 2.33. The van der Waals surface area contributed by atoms with Crippen LogP contribution in [0.3, 0.4) is 0 Å². The molecule has 0 bridgehead atoms. The van der Waals surface area contributed by atoms with Crippen molar-refractivity contribution in [3.05, 3.63) is 0 Å². The molecule has 0 unspecified atom stereocenters. The van der Waals surface area contributed by atoms with Crippen LogP contribution in [-0.4, -0.2) is 62.1 Å². The van der Waals surface area contributed by atoms with Crippen LogP contribution in [-0.2, 0) is 10.0 Å². The molecule has 0 amide bonds. The summed E-state index contributed by atoms with van der Waals surface area (Å²) in [5, 5.41) is -0.116. The summed E-state index contributed by atoms with van der Waals surface area (Å²) in [6.45, 7) is 5.05. The number of hydrogen-bond acceptors (Lipinski definition) is 4. The van der Waals surface area contributed by atoms with Gasteiger partial charge in [-0.1, -0.05) is 19.3 Å². The molecule has 0 radical (unpaired) electrons. The van der Waals surface area contributed by atoms with Crippen molar-refractivity contribution in [1.82, 2.24) is 9.21 Å². The zero-order chi connectivity index (χ0) is 15.1. The molecule has 0 aromatic rings. The Morgan fingerprint density at radius 3 is 2.38 bits per heavy atom. The van der Waals surface area contributed by atoms with Gasteiger partial charge in [-0.3, -0.25) is 0 Å². The van der Waals surface area contributed by atoms with Gasteiger partial charge < -0.3 is 10.6 Å². The molecular weight excluding hydrogens is 286 g/mol. The summed E-state index contributed by atoms with van der Waals surface area (Å²) in [5.41, 5.74) is 5.53. The zero-order valence-corrected chi connectivity index (χ0v) is 14.0. The van der Waals surface area contributed by atoms with E-state index >= 15 is 0 Å². The van der Waals surface area contributed by atoms with Gasteiger partial charge in [0, 0.05) is 19.6 Å². The van der Waals surface area contributed by atoms with E-state index in [0.717, 1.165) is 71.1 Å². The third-order valence-electron chi connectivity index (χ3n) is 4.81. The fourth-order valence-electron chi connectivity index (χ4n) is 3.48. The Labute approximate surface area is 129 Å². The van der Waals surface area contributed by atoms with E-state index in [1.54, 1.807) is 4.31 Å². The monoisotopic (exact) mass is 317 g/mol. The quantitative estimate of drug-likeness (QED) is 0.752. The summed E-state index contributed by atoms with van der Waals surface area (Å²) in [6, 6.07) is 0. The van der Waals surface area contributed by atoms with Gasteiger partial charge in [0.2, 0.25) is 10.0 Å². The molecule has 0 aromatic carbocycles. The van der Waals surface area contributed by atoms with Crippen molar-refractivity contribution >= 4 is 10.0 Å². The van der Waals surface area contributed by atoms with Crippen LogP contribution in [0.4, 0.5) is 0 Å². The Hall–Kier alpha value is -0.170. The highest BCUT2D eigenvalue weighted by molar-refractivity contribution is 7.89. The molecule has 2 aliphatic rings. The molecule has 5 nitrogen and oxygen atoms in total. The maximum atomic E-state index is 12.8. The SMILES string of the molecule is NCCCCN1CCCN(S(=O)(=O)C2CCCCC2)CC1. The highest BCUT2D eigenvalue weighted by Crippen LogP contribution is 2.26. The number of rotatable bonds is 6. The first-order valence-electron chi connectivity index (χ1n) is 8.56. The van der Waals surface area contributed by atoms with Crippen molar-refractivity contribution in [3.63, 3.8) is 0 Å². The second-order valence-electron chi connectivity index (χ2n) is 6.39. The molecule has 1 heterocycles. The number of sulfonamides is 1. The summed E-state index contributed by atoms with van der Waals surface area (Å²) in [6.07, 6.45) is 8.19. The fraction of sp³-hybridized carbons (Fsp3) is 1.00. The molecular formula is C15H31N3O2S. The van der Waals surface area contributed by atoms with Crippen LogP contribution < -0.4 is 5.73 Å². The van der Waals surface area contributed by atoms with Gasteiger partial charge in [-0.25, -0.2) is 12.7 Å². The Morgan fingerprint density at radius 1 is 0.905 bits per heavy atom. The van der Waals surface area contributed by atoms with Crippen LogP contribution in [0, 0.1) is 0 Å². The Morgan fingerprint density at radius 2 is 1.67 bits per heavy atom. The predicted molar refractivity (Wildman–Crippen MR) is 86.7 cm³/mol. The summed E-state index contributed by atoms with van der Waals surface area (Å²) < 4.78 is 27.3. The Kier molecular flexibility index (Phi) is 6.92. The van der Waals surface area contributed by atoms with Crippen molar-refractivity contribution in [3.8, 4) is 0 Å². The van der Waals surface area contributed by atoms with Crippen molar-refractivity contribution in [2.75, 3.05) is 39.3 Å². The lowest BCUT2D eigenvalue weighted by atomic mass is 10.0. The van der Waals surface area contributed by atoms with E-state index in [0.29, 0.717) is 13.1 Å². The van der Waals surface area contributed by atoms with Gasteiger partial charge in [-0.05, 0) is 51.7 Å². The van der Waals surface area contributed by atoms with E-state index in [4.69, 9.17) is 5.73 Å². The van der Waals surface area contributed by atoms with E-state index in [9.17, 15) is 8.42 Å². The molecule has 1 saturated carbocycles. The molecule has 21 heavy (non-hydrogen) atoms. The van der Waals surface area contributed by atoms with Crippen molar-refractivity contribution in [2.45, 2.75) is 56.6 Å². The van der Waals surface area contributed by atoms with Crippen LogP contribution >= 0.6 is 0 Å². The van der Waals surface area contributed by atoms with Crippen molar-refractivity contribution in [2.24, 2.45) is 5.73 Å². The van der Waals surface area contributed by atoms with Crippen LogP contribution in [0.1, 0.15) is 51.4 Å². The second-order valence-corrected chi connectivity index (χ2v) is 8.61. The average Bonchev–Trinajstić information content (AvgIpc) is 2.75. The standard InChI is InChI=1S/C15H31N3O2S/c16-9-4-5-10-17-11-6-12-18(14-13-17)21(19,20)15-7-2-1-3-8-15/h15H,1-14,16H2. The van der Waals surface area contributed by atoms with Gasteiger partial charge in [0.1, 0.15) is 0 Å². The van der Waals surface area contributed by atoms with Crippen LogP contribution in [0.25, 0.3) is 0 Å². The number of hydrogen-bond donors (Lipinski definition) is 1. The van der Waals surface area contributed by atoms with Crippen LogP contribution in [0.15, 0.2) is 0 Å². The topological polar surface area (TPSA) is 66.6 Å². The molecule has 2 N–H and O–H groups in total. The lowest BCUT2D eigenvalue weighted by Gasteiger charge is -2.28. The summed E-state index contributed by atoms with van der Waals surface area (Å²) in [7, 11) is -3.07. The van der Waals surface area contributed by atoms with E-state index in [-0.39, 0.29) is 5.25 Å². The van der Waals surface area contributed by atoms with Crippen LogP contribution in [0.2, 0.25) is 0 Å². The lowest BCUT2D eigenvalue weighted by molar-refractivity contribution is 0.280. The van der Waals surface area contributed by atoms with Gasteiger partial charge in [0.15, 0.2) is 0 Å². The fourth-order valence-corrected chi connectivity index (χ4v) is 5.55. The first-order valence-corrected chi connectivity index (χ1v) is 10.1. The van der Waals surface area contributed by atoms with E-state index in [1.165, 1.54) is 6.42 Å². The number of unbranched alkanes of at least 4 members (excludes halogenated alkanes) is 1. The minimum atomic E-state index is -3.07. The molecule has 1 aliphatic heterocycles. The predicted octanol–water partition coefficient (Wildman–Crippen LogP) is 1.40. The molecule has 2 fully saturated rings. The third kappa shape index (κ3) is 4.91. The molecule has 1 saturated heterocycles. The molecule has 0 atom stereocenters. The van der Waals surface area contributed by atoms with Crippen molar-refractivity contribution in [1.29, 1.82) is 0 Å². The maximum absolute atomic E-state index is 12.8. The summed E-state index contributed by atoms with van der Waals surface area (Å²) >= 11 is 0. The number of nitrogens with zero attached hydrogens (tertiary/aromatic N) is 2. The minimum Gasteiger partial charge on any atom is -0.330 e. The highest BCUT2D eigenvalue weighted by atomic mass is 32.2. The Balaban J connectivity index is 1.86. The third-order valence-corrected chi connectivity index (χ3v) is 7.21. The second kappa shape index (κ2) is 8.46. The molecule has 0 spiro atoms. The average molecular weight is 317 g/mol. The van der Waals surface area contributed by atoms with Gasteiger partial charge in [-0.2, -0.15) is 0 Å². The first kappa shape index (κ1) is 17.2. The van der Waals surface area contributed by atoms with Gasteiger partial charge in [0.05, 0.1) is 5.25 Å². The Bertz CT molecular complexity index is 394. The van der Waals surface area contributed by atoms with Gasteiger partial charge in [-0.15, -0.1) is 0 Å². The normalized spacial score (nSPS) is 24.0. The molecule has 124 valence electrons. The minimum absolute atomic E-state index is 0.116. The number of nitrogens with two attached hydrogens (primary N) is 1. The maximum Gasteiger partial charge on any atom is 0.217 e.